The molecule has 0 aliphatic carbocycles. The minimum absolute atomic E-state index is 0.389. The molecule has 2 aliphatic rings. The predicted molar refractivity (Wildman–Crippen MR) is 82.7 cm³/mol. The first-order valence-corrected chi connectivity index (χ1v) is 8.43. The molecular weight excluding hydrogens is 250 g/mol. The van der Waals surface area contributed by atoms with Crippen LogP contribution in [0.25, 0.3) is 0 Å². The predicted octanol–water partition coefficient (Wildman–Crippen LogP) is 1.57. The summed E-state index contributed by atoms with van der Waals surface area (Å²) >= 11 is 0. The number of hydrogen-bond donors (Lipinski definition) is 1. The summed E-state index contributed by atoms with van der Waals surface area (Å²) in [5.41, 5.74) is 0. The van der Waals surface area contributed by atoms with E-state index in [-0.39, 0.29) is 0 Å². The van der Waals surface area contributed by atoms with Crippen molar-refractivity contribution >= 4 is 5.91 Å². The second-order valence-electron chi connectivity index (χ2n) is 6.37. The summed E-state index contributed by atoms with van der Waals surface area (Å²) in [7, 11) is 0. The quantitative estimate of drug-likeness (QED) is 0.803. The number of carbonyl (C=O) groups is 1. The zero-order chi connectivity index (χ0) is 14.4. The van der Waals surface area contributed by atoms with Crippen LogP contribution in [0.15, 0.2) is 0 Å². The third-order valence-electron chi connectivity index (χ3n) is 5.00. The van der Waals surface area contributed by atoms with Crippen molar-refractivity contribution in [3.05, 3.63) is 0 Å². The van der Waals surface area contributed by atoms with Gasteiger partial charge in [-0.05, 0) is 57.3 Å². The van der Waals surface area contributed by atoms with Crippen molar-refractivity contribution < 1.29 is 4.79 Å². The number of rotatable bonds is 6. The lowest BCUT2D eigenvalue weighted by Crippen LogP contribution is -2.42. The van der Waals surface area contributed by atoms with E-state index in [0.29, 0.717) is 11.8 Å². The van der Waals surface area contributed by atoms with E-state index < -0.39 is 0 Å². The van der Waals surface area contributed by atoms with Crippen LogP contribution in [0, 0.1) is 11.8 Å². The Hall–Kier alpha value is -0.610. The molecule has 0 spiro atoms. The highest BCUT2D eigenvalue weighted by molar-refractivity contribution is 5.76. The van der Waals surface area contributed by atoms with Crippen LogP contribution < -0.4 is 5.32 Å². The number of amides is 1. The standard InChI is InChI=1S/C16H31N3O/c1-3-18(4-2)13-14-6-9-19(10-7-14)16(20)11-15-5-8-17-12-15/h14-15,17H,3-13H2,1-2H3. The average molecular weight is 281 g/mol. The second kappa shape index (κ2) is 7.99. The summed E-state index contributed by atoms with van der Waals surface area (Å²) in [6.45, 7) is 12.0. The molecule has 0 aromatic carbocycles. The van der Waals surface area contributed by atoms with E-state index in [1.165, 1.54) is 25.8 Å². The van der Waals surface area contributed by atoms with E-state index in [9.17, 15) is 4.79 Å². The van der Waals surface area contributed by atoms with E-state index >= 15 is 0 Å². The van der Waals surface area contributed by atoms with Gasteiger partial charge in [-0.2, -0.15) is 0 Å². The third kappa shape index (κ3) is 4.45. The van der Waals surface area contributed by atoms with Crippen LogP contribution in [0.4, 0.5) is 0 Å². The summed E-state index contributed by atoms with van der Waals surface area (Å²) in [6.07, 6.45) is 4.30. The molecule has 2 fully saturated rings. The normalized spacial score (nSPS) is 24.6. The molecule has 2 aliphatic heterocycles. The van der Waals surface area contributed by atoms with Crippen molar-refractivity contribution in [2.75, 3.05) is 45.8 Å². The van der Waals surface area contributed by atoms with Crippen molar-refractivity contribution in [2.24, 2.45) is 11.8 Å². The molecule has 4 heteroatoms. The van der Waals surface area contributed by atoms with Gasteiger partial charge in [0.05, 0.1) is 0 Å². The summed E-state index contributed by atoms with van der Waals surface area (Å²) in [5.74, 6) is 1.75. The molecule has 2 saturated heterocycles. The van der Waals surface area contributed by atoms with Gasteiger partial charge in [-0.15, -0.1) is 0 Å². The first kappa shape index (κ1) is 15.8. The monoisotopic (exact) mass is 281 g/mol. The van der Waals surface area contributed by atoms with Gasteiger partial charge in [-0.25, -0.2) is 0 Å². The first-order valence-electron chi connectivity index (χ1n) is 8.43. The molecule has 1 unspecified atom stereocenters. The van der Waals surface area contributed by atoms with Gasteiger partial charge in [0, 0.05) is 26.1 Å². The maximum atomic E-state index is 12.3. The number of piperidine rings is 1. The van der Waals surface area contributed by atoms with Gasteiger partial charge in [0.15, 0.2) is 0 Å². The van der Waals surface area contributed by atoms with Crippen LogP contribution in [0.2, 0.25) is 0 Å². The number of hydrogen-bond acceptors (Lipinski definition) is 3. The van der Waals surface area contributed by atoms with Crippen molar-refractivity contribution in [1.82, 2.24) is 15.1 Å². The van der Waals surface area contributed by atoms with Crippen LogP contribution in [0.1, 0.15) is 39.5 Å². The van der Waals surface area contributed by atoms with Gasteiger partial charge >= 0.3 is 0 Å². The Balaban J connectivity index is 1.69. The van der Waals surface area contributed by atoms with E-state index in [1.54, 1.807) is 0 Å². The number of nitrogens with one attached hydrogen (secondary N) is 1. The molecule has 0 saturated carbocycles. The number of nitrogens with zero attached hydrogens (tertiary/aromatic N) is 2. The third-order valence-corrected chi connectivity index (χ3v) is 5.00. The van der Waals surface area contributed by atoms with E-state index in [1.807, 2.05) is 0 Å². The van der Waals surface area contributed by atoms with E-state index in [0.717, 1.165) is 51.6 Å². The lowest BCUT2D eigenvalue weighted by molar-refractivity contribution is -0.133. The van der Waals surface area contributed by atoms with Gasteiger partial charge < -0.3 is 15.1 Å². The Morgan fingerprint density at radius 1 is 1.15 bits per heavy atom. The molecule has 116 valence electrons. The Kier molecular flexibility index (Phi) is 6.30. The Labute approximate surface area is 123 Å². The molecule has 0 bridgehead atoms. The Bertz CT molecular complexity index is 290. The highest BCUT2D eigenvalue weighted by Crippen LogP contribution is 2.21. The van der Waals surface area contributed by atoms with Crippen molar-refractivity contribution in [3.8, 4) is 0 Å². The van der Waals surface area contributed by atoms with Crippen LogP contribution >= 0.6 is 0 Å². The lowest BCUT2D eigenvalue weighted by atomic mass is 9.95. The molecule has 1 N–H and O–H groups in total. The Morgan fingerprint density at radius 2 is 1.85 bits per heavy atom. The maximum Gasteiger partial charge on any atom is 0.222 e. The fourth-order valence-corrected chi connectivity index (χ4v) is 3.48. The number of carbonyl (C=O) groups excluding carboxylic acids is 1. The molecule has 4 nitrogen and oxygen atoms in total. The van der Waals surface area contributed by atoms with Crippen molar-refractivity contribution in [1.29, 1.82) is 0 Å². The van der Waals surface area contributed by atoms with Crippen molar-refractivity contribution in [3.63, 3.8) is 0 Å². The molecule has 0 aromatic heterocycles. The first-order chi connectivity index (χ1) is 9.72. The van der Waals surface area contributed by atoms with E-state index in [4.69, 9.17) is 0 Å². The van der Waals surface area contributed by atoms with Crippen LogP contribution in [-0.4, -0.2) is 61.5 Å². The van der Waals surface area contributed by atoms with Gasteiger partial charge in [0.2, 0.25) is 5.91 Å². The maximum absolute atomic E-state index is 12.3. The fourth-order valence-electron chi connectivity index (χ4n) is 3.48. The SMILES string of the molecule is CCN(CC)CC1CCN(C(=O)CC2CCNC2)CC1. The van der Waals surface area contributed by atoms with Gasteiger partial charge in [0.1, 0.15) is 0 Å². The van der Waals surface area contributed by atoms with Gasteiger partial charge in [-0.1, -0.05) is 13.8 Å². The topological polar surface area (TPSA) is 35.6 Å². The molecule has 2 heterocycles. The highest BCUT2D eigenvalue weighted by atomic mass is 16.2. The Morgan fingerprint density at radius 3 is 2.40 bits per heavy atom. The van der Waals surface area contributed by atoms with Crippen molar-refractivity contribution in [2.45, 2.75) is 39.5 Å². The molecule has 0 aromatic rings. The average Bonchev–Trinajstić information content (AvgIpc) is 2.98. The minimum atomic E-state index is 0.389. The minimum Gasteiger partial charge on any atom is -0.343 e. The van der Waals surface area contributed by atoms with Gasteiger partial charge in [0.25, 0.3) is 0 Å². The molecule has 2 rings (SSSR count). The van der Waals surface area contributed by atoms with Crippen LogP contribution in [-0.2, 0) is 4.79 Å². The second-order valence-corrected chi connectivity index (χ2v) is 6.37. The fraction of sp³-hybridized carbons (Fsp3) is 0.938. The molecular formula is C16H31N3O. The largest absolute Gasteiger partial charge is 0.343 e. The number of likely N-dealkylation sites (tertiary alicyclic amines) is 1. The molecule has 20 heavy (non-hydrogen) atoms. The van der Waals surface area contributed by atoms with Crippen LogP contribution in [0.3, 0.4) is 0 Å². The summed E-state index contributed by atoms with van der Waals surface area (Å²) in [6, 6.07) is 0. The lowest BCUT2D eigenvalue weighted by Gasteiger charge is -2.34. The highest BCUT2D eigenvalue weighted by Gasteiger charge is 2.26. The zero-order valence-electron chi connectivity index (χ0n) is 13.2. The van der Waals surface area contributed by atoms with Gasteiger partial charge in [-0.3, -0.25) is 4.79 Å². The molecule has 1 amide bonds. The zero-order valence-corrected chi connectivity index (χ0v) is 13.2. The van der Waals surface area contributed by atoms with E-state index in [2.05, 4.69) is 29.0 Å². The summed E-state index contributed by atoms with van der Waals surface area (Å²) in [5, 5.41) is 3.35. The molecule has 0 radical (unpaired) electrons. The summed E-state index contributed by atoms with van der Waals surface area (Å²) < 4.78 is 0. The molecule has 1 atom stereocenters. The summed E-state index contributed by atoms with van der Waals surface area (Å²) in [4.78, 5) is 16.9. The smallest absolute Gasteiger partial charge is 0.222 e. The van der Waals surface area contributed by atoms with Crippen LogP contribution in [0.5, 0.6) is 0 Å².